The quantitative estimate of drug-likeness (QED) is 0.0199. The molecule has 0 amide bonds. The maximum Gasteiger partial charge on any atom is 0.306 e. The second-order valence-electron chi connectivity index (χ2n) is 17.4. The molecule has 0 rings (SSSR count). The zero-order chi connectivity index (χ0) is 46.5. The molecule has 0 aliphatic rings. The predicted octanol–water partition coefficient (Wildman–Crippen LogP) is 17.6. The molecular weight excluding hydrogens is 793 g/mol. The van der Waals surface area contributed by atoms with Gasteiger partial charge in [0.1, 0.15) is 13.2 Å². The highest BCUT2D eigenvalue weighted by Gasteiger charge is 2.19. The molecule has 0 radical (unpaired) electrons. The molecule has 64 heavy (non-hydrogen) atoms. The third-order valence-corrected chi connectivity index (χ3v) is 11.1. The van der Waals surface area contributed by atoms with Crippen molar-refractivity contribution in [1.29, 1.82) is 0 Å². The van der Waals surface area contributed by atoms with Crippen LogP contribution in [0.4, 0.5) is 0 Å². The molecule has 0 aliphatic carbocycles. The number of allylic oxidation sites excluding steroid dienone is 14. The van der Waals surface area contributed by atoms with Crippen LogP contribution in [-0.4, -0.2) is 37.2 Å². The molecule has 1 unspecified atom stereocenters. The van der Waals surface area contributed by atoms with Gasteiger partial charge in [-0.1, -0.05) is 209 Å². The van der Waals surface area contributed by atoms with Gasteiger partial charge in [-0.25, -0.2) is 0 Å². The summed E-state index contributed by atoms with van der Waals surface area (Å²) >= 11 is 0. The van der Waals surface area contributed by atoms with Gasteiger partial charge in [-0.15, -0.1) is 0 Å². The Bertz CT molecular complexity index is 1250. The fourth-order valence-corrected chi connectivity index (χ4v) is 7.11. The summed E-state index contributed by atoms with van der Waals surface area (Å²) in [6.07, 6.45) is 67.1. The smallest absolute Gasteiger partial charge is 0.306 e. The predicted molar refractivity (Wildman–Crippen MR) is 274 cm³/mol. The van der Waals surface area contributed by atoms with Gasteiger partial charge in [0.05, 0.1) is 0 Å². The topological polar surface area (TPSA) is 78.9 Å². The van der Waals surface area contributed by atoms with E-state index in [2.05, 4.69) is 106 Å². The van der Waals surface area contributed by atoms with E-state index in [9.17, 15) is 14.4 Å². The Hall–Kier alpha value is -3.41. The van der Waals surface area contributed by atoms with Gasteiger partial charge in [0.15, 0.2) is 6.10 Å². The van der Waals surface area contributed by atoms with Gasteiger partial charge < -0.3 is 14.2 Å². The van der Waals surface area contributed by atoms with E-state index < -0.39 is 6.10 Å². The second-order valence-corrected chi connectivity index (χ2v) is 17.4. The lowest BCUT2D eigenvalue weighted by atomic mass is 10.1. The number of unbranched alkanes of at least 4 members (excludes halogenated alkanes) is 23. The van der Waals surface area contributed by atoms with Gasteiger partial charge in [-0.05, 0) is 103 Å². The Morgan fingerprint density at radius 3 is 1.12 bits per heavy atom. The van der Waals surface area contributed by atoms with Gasteiger partial charge in [0, 0.05) is 19.3 Å². The van der Waals surface area contributed by atoms with Crippen molar-refractivity contribution in [1.82, 2.24) is 0 Å². The third-order valence-electron chi connectivity index (χ3n) is 11.1. The second kappa shape index (κ2) is 52.2. The maximum absolute atomic E-state index is 12.8. The van der Waals surface area contributed by atoms with Crippen molar-refractivity contribution in [3.63, 3.8) is 0 Å². The minimum atomic E-state index is -0.797. The number of hydrogen-bond acceptors (Lipinski definition) is 6. The van der Waals surface area contributed by atoms with Crippen LogP contribution in [0.1, 0.15) is 245 Å². The monoisotopic (exact) mass is 891 g/mol. The zero-order valence-electron chi connectivity index (χ0n) is 41.8. The van der Waals surface area contributed by atoms with E-state index in [1.54, 1.807) is 0 Å². The molecule has 0 aromatic rings. The Morgan fingerprint density at radius 1 is 0.344 bits per heavy atom. The van der Waals surface area contributed by atoms with E-state index in [1.165, 1.54) is 103 Å². The lowest BCUT2D eigenvalue weighted by Gasteiger charge is -2.18. The molecule has 0 saturated carbocycles. The number of hydrogen-bond donors (Lipinski definition) is 0. The van der Waals surface area contributed by atoms with Crippen molar-refractivity contribution >= 4 is 17.9 Å². The summed E-state index contributed by atoms with van der Waals surface area (Å²) in [6, 6.07) is 0. The molecule has 6 nitrogen and oxygen atoms in total. The Kier molecular flexibility index (Phi) is 49.4. The SMILES string of the molecule is CC/C=C\C/C=C\C/C=C\C/C=C\CCCCCC(=O)OC(COC(=O)CCCCCCC/C=C\CCCC)COC(=O)CCCCCCCCCCCC/C=C\C=C/CCCCC. The van der Waals surface area contributed by atoms with Gasteiger partial charge in [-0.3, -0.25) is 14.4 Å². The normalized spacial score (nSPS) is 12.7. The van der Waals surface area contributed by atoms with Crippen molar-refractivity contribution in [2.75, 3.05) is 13.2 Å². The van der Waals surface area contributed by atoms with E-state index in [0.29, 0.717) is 12.8 Å². The van der Waals surface area contributed by atoms with Crippen LogP contribution in [0.2, 0.25) is 0 Å². The van der Waals surface area contributed by atoms with Crippen LogP contribution in [0.3, 0.4) is 0 Å². The molecule has 0 aromatic carbocycles. The fraction of sp³-hybridized carbons (Fsp3) is 0.707. The van der Waals surface area contributed by atoms with E-state index in [4.69, 9.17) is 14.2 Å². The number of rotatable bonds is 47. The molecule has 0 N–H and O–H groups in total. The highest BCUT2D eigenvalue weighted by molar-refractivity contribution is 5.71. The largest absolute Gasteiger partial charge is 0.462 e. The fourth-order valence-electron chi connectivity index (χ4n) is 7.11. The first kappa shape index (κ1) is 60.6. The Morgan fingerprint density at radius 2 is 0.672 bits per heavy atom. The molecule has 0 heterocycles. The van der Waals surface area contributed by atoms with E-state index in [-0.39, 0.29) is 37.5 Å². The average Bonchev–Trinajstić information content (AvgIpc) is 3.29. The lowest BCUT2D eigenvalue weighted by Crippen LogP contribution is -2.30. The average molecular weight is 891 g/mol. The first-order valence-electron chi connectivity index (χ1n) is 26.6. The molecule has 366 valence electrons. The van der Waals surface area contributed by atoms with Crippen molar-refractivity contribution in [2.45, 2.75) is 252 Å². The van der Waals surface area contributed by atoms with Crippen LogP contribution in [0.5, 0.6) is 0 Å². The molecule has 6 heteroatoms. The Balaban J connectivity index is 4.41. The molecule has 0 spiro atoms. The van der Waals surface area contributed by atoms with Crippen molar-refractivity contribution in [2.24, 2.45) is 0 Å². The summed E-state index contributed by atoms with van der Waals surface area (Å²) in [7, 11) is 0. The van der Waals surface area contributed by atoms with Crippen LogP contribution in [0.15, 0.2) is 85.1 Å². The minimum absolute atomic E-state index is 0.0942. The first-order valence-corrected chi connectivity index (χ1v) is 26.6. The number of esters is 3. The molecule has 0 bridgehead atoms. The van der Waals surface area contributed by atoms with Crippen LogP contribution in [0, 0.1) is 0 Å². The number of ether oxygens (including phenoxy) is 3. The van der Waals surface area contributed by atoms with Gasteiger partial charge in [0.2, 0.25) is 0 Å². The molecule has 0 fully saturated rings. The van der Waals surface area contributed by atoms with Gasteiger partial charge >= 0.3 is 17.9 Å². The number of carbonyl (C=O) groups is 3. The van der Waals surface area contributed by atoms with E-state index in [0.717, 1.165) is 103 Å². The highest BCUT2D eigenvalue weighted by Crippen LogP contribution is 2.14. The van der Waals surface area contributed by atoms with E-state index >= 15 is 0 Å². The van der Waals surface area contributed by atoms with Crippen LogP contribution in [0.25, 0.3) is 0 Å². The summed E-state index contributed by atoms with van der Waals surface area (Å²) in [5, 5.41) is 0. The summed E-state index contributed by atoms with van der Waals surface area (Å²) < 4.78 is 16.8. The molecule has 1 atom stereocenters. The summed E-state index contributed by atoms with van der Waals surface area (Å²) in [4.78, 5) is 38.0. The summed E-state index contributed by atoms with van der Waals surface area (Å²) in [5.74, 6) is -0.939. The molecule has 0 aliphatic heterocycles. The van der Waals surface area contributed by atoms with E-state index in [1.807, 2.05) is 0 Å². The first-order chi connectivity index (χ1) is 31.5. The third kappa shape index (κ3) is 49.6. The van der Waals surface area contributed by atoms with Crippen LogP contribution in [-0.2, 0) is 28.6 Å². The maximum atomic E-state index is 12.8. The highest BCUT2D eigenvalue weighted by atomic mass is 16.6. The van der Waals surface area contributed by atoms with Crippen molar-refractivity contribution < 1.29 is 28.6 Å². The van der Waals surface area contributed by atoms with Crippen molar-refractivity contribution in [3.8, 4) is 0 Å². The lowest BCUT2D eigenvalue weighted by molar-refractivity contribution is -0.167. The van der Waals surface area contributed by atoms with Crippen molar-refractivity contribution in [3.05, 3.63) is 85.1 Å². The zero-order valence-corrected chi connectivity index (χ0v) is 41.8. The molecular formula is C58H98O6. The minimum Gasteiger partial charge on any atom is -0.462 e. The number of carbonyl (C=O) groups excluding carboxylic acids is 3. The van der Waals surface area contributed by atoms with Crippen LogP contribution >= 0.6 is 0 Å². The Labute approximate surface area is 395 Å². The standard InChI is InChI=1S/C58H98O6/c1-4-7-10-13-16-19-22-24-26-28-29-30-32-33-36-39-42-45-48-51-57(60)63-54-55(53-62-56(59)50-47-44-41-38-35-21-18-15-12-9-6-3)64-58(61)52-49-46-43-40-37-34-31-27-25-23-20-17-14-11-8-5-2/h8,11,15-20,22,24-25,27,34,37,55H,4-7,9-10,12-14,21,23,26,28-33,35-36,38-54H2,1-3H3/b11-8-,18-15-,19-16-,20-17-,24-22-,27-25-,37-34-. The molecule has 0 aromatic heterocycles. The van der Waals surface area contributed by atoms with Gasteiger partial charge in [0.25, 0.3) is 0 Å². The molecule has 0 saturated heterocycles. The summed E-state index contributed by atoms with van der Waals surface area (Å²) in [5.41, 5.74) is 0. The van der Waals surface area contributed by atoms with Gasteiger partial charge in [-0.2, -0.15) is 0 Å². The van der Waals surface area contributed by atoms with Crippen LogP contribution < -0.4 is 0 Å². The summed E-state index contributed by atoms with van der Waals surface area (Å²) in [6.45, 7) is 6.42.